The van der Waals surface area contributed by atoms with E-state index in [9.17, 15) is 0 Å². The van der Waals surface area contributed by atoms with E-state index in [2.05, 4.69) is 21.0 Å². The minimum atomic E-state index is 0.547. The van der Waals surface area contributed by atoms with Crippen LogP contribution >= 0.6 is 23.1 Å². The first kappa shape index (κ1) is 10.9. The van der Waals surface area contributed by atoms with Gasteiger partial charge in [0.25, 0.3) is 0 Å². The Morgan fingerprint density at radius 1 is 1.50 bits per heavy atom. The smallest absolute Gasteiger partial charge is 0.0992 e. The van der Waals surface area contributed by atoms with Crippen molar-refractivity contribution >= 4 is 28.8 Å². The summed E-state index contributed by atoms with van der Waals surface area (Å²) in [6.45, 7) is 0.547. The van der Waals surface area contributed by atoms with E-state index in [4.69, 9.17) is 16.9 Å². The van der Waals surface area contributed by atoms with Crippen molar-refractivity contribution in [2.45, 2.75) is 6.54 Å². The van der Waals surface area contributed by atoms with Crippen molar-refractivity contribution in [2.24, 2.45) is 0 Å². The van der Waals surface area contributed by atoms with Crippen LogP contribution in [-0.2, 0) is 6.54 Å². The predicted octanol–water partition coefficient (Wildman–Crippen LogP) is 2.68. The molecular formula is C10H7ClN4S. The third kappa shape index (κ3) is 2.48. The summed E-state index contributed by atoms with van der Waals surface area (Å²) in [6.07, 6.45) is 0. The molecule has 2 rings (SSSR count). The van der Waals surface area contributed by atoms with Crippen molar-refractivity contribution in [3.05, 3.63) is 39.9 Å². The predicted molar refractivity (Wildman–Crippen MR) is 63.4 cm³/mol. The molecule has 0 fully saturated rings. The first-order chi connectivity index (χ1) is 7.79. The lowest BCUT2D eigenvalue weighted by Crippen LogP contribution is -2.00. The van der Waals surface area contributed by atoms with E-state index in [1.165, 1.54) is 11.5 Å². The summed E-state index contributed by atoms with van der Waals surface area (Å²) >= 11 is 7.29. The van der Waals surface area contributed by atoms with Gasteiger partial charge < -0.3 is 5.32 Å². The summed E-state index contributed by atoms with van der Waals surface area (Å²) in [5, 5.41) is 18.2. The average Bonchev–Trinajstić information content (AvgIpc) is 2.81. The van der Waals surface area contributed by atoms with Crippen molar-refractivity contribution in [1.82, 2.24) is 9.59 Å². The molecule has 0 saturated heterocycles. The molecular weight excluding hydrogens is 244 g/mol. The molecule has 6 heteroatoms. The number of nitrogens with one attached hydrogen (secondary N) is 1. The standard InChI is InChI=1S/C10H7ClN4S/c11-9-2-1-7(4-12)3-10(9)13-5-8-6-16-15-14-8/h1-3,6,13H,5H2. The van der Waals surface area contributed by atoms with Crippen molar-refractivity contribution in [1.29, 1.82) is 5.26 Å². The number of nitrogens with zero attached hydrogens (tertiary/aromatic N) is 3. The molecule has 0 aliphatic carbocycles. The number of hydrogen-bond donors (Lipinski definition) is 1. The van der Waals surface area contributed by atoms with E-state index in [1.54, 1.807) is 18.2 Å². The van der Waals surface area contributed by atoms with Crippen LogP contribution in [0.2, 0.25) is 5.02 Å². The highest BCUT2D eigenvalue weighted by Crippen LogP contribution is 2.23. The molecule has 0 radical (unpaired) electrons. The maximum atomic E-state index is 8.76. The van der Waals surface area contributed by atoms with Gasteiger partial charge in [-0.25, -0.2) is 0 Å². The second-order valence-electron chi connectivity index (χ2n) is 3.06. The quantitative estimate of drug-likeness (QED) is 0.910. The number of rotatable bonds is 3. The molecule has 0 atom stereocenters. The molecule has 4 nitrogen and oxygen atoms in total. The maximum absolute atomic E-state index is 8.76. The van der Waals surface area contributed by atoms with Gasteiger partial charge in [-0.05, 0) is 29.7 Å². The summed E-state index contributed by atoms with van der Waals surface area (Å²) in [6, 6.07) is 7.15. The van der Waals surface area contributed by atoms with E-state index in [1.807, 2.05) is 5.38 Å². The number of benzene rings is 1. The van der Waals surface area contributed by atoms with Crippen LogP contribution in [0.5, 0.6) is 0 Å². The first-order valence-electron chi connectivity index (χ1n) is 4.49. The summed E-state index contributed by atoms with van der Waals surface area (Å²) < 4.78 is 3.76. The third-order valence-electron chi connectivity index (χ3n) is 1.96. The summed E-state index contributed by atoms with van der Waals surface area (Å²) in [5.41, 5.74) is 2.15. The molecule has 1 aromatic heterocycles. The van der Waals surface area contributed by atoms with Crippen LogP contribution in [0.3, 0.4) is 0 Å². The van der Waals surface area contributed by atoms with Crippen molar-refractivity contribution in [3.63, 3.8) is 0 Å². The molecule has 0 aliphatic heterocycles. The minimum Gasteiger partial charge on any atom is -0.378 e. The molecule has 0 aliphatic rings. The lowest BCUT2D eigenvalue weighted by Gasteiger charge is -2.06. The topological polar surface area (TPSA) is 61.6 Å². The van der Waals surface area contributed by atoms with Gasteiger partial charge in [0.15, 0.2) is 0 Å². The summed E-state index contributed by atoms with van der Waals surface area (Å²) in [7, 11) is 0. The van der Waals surface area contributed by atoms with Crippen LogP contribution in [0.15, 0.2) is 23.6 Å². The van der Waals surface area contributed by atoms with Gasteiger partial charge in [0.1, 0.15) is 0 Å². The Morgan fingerprint density at radius 3 is 3.06 bits per heavy atom. The van der Waals surface area contributed by atoms with E-state index in [0.717, 1.165) is 11.4 Å². The van der Waals surface area contributed by atoms with Gasteiger partial charge in [-0.3, -0.25) is 0 Å². The number of hydrogen-bond acceptors (Lipinski definition) is 5. The van der Waals surface area contributed by atoms with Gasteiger partial charge in [0, 0.05) is 5.38 Å². The molecule has 1 heterocycles. The van der Waals surface area contributed by atoms with E-state index >= 15 is 0 Å². The van der Waals surface area contributed by atoms with Crippen LogP contribution in [0, 0.1) is 11.3 Å². The number of halogens is 1. The third-order valence-corrected chi connectivity index (χ3v) is 2.84. The van der Waals surface area contributed by atoms with Crippen LogP contribution in [0.1, 0.15) is 11.3 Å². The second-order valence-corrected chi connectivity index (χ2v) is 4.07. The van der Waals surface area contributed by atoms with Crippen molar-refractivity contribution in [3.8, 4) is 6.07 Å². The van der Waals surface area contributed by atoms with Crippen molar-refractivity contribution in [2.75, 3.05) is 5.32 Å². The summed E-state index contributed by atoms with van der Waals surface area (Å²) in [5.74, 6) is 0. The zero-order valence-electron chi connectivity index (χ0n) is 8.14. The second kappa shape index (κ2) is 4.92. The summed E-state index contributed by atoms with van der Waals surface area (Å²) in [4.78, 5) is 0. The molecule has 1 aromatic carbocycles. The van der Waals surface area contributed by atoms with Crippen LogP contribution in [-0.4, -0.2) is 9.59 Å². The molecule has 0 amide bonds. The minimum absolute atomic E-state index is 0.547. The van der Waals surface area contributed by atoms with Gasteiger partial charge in [-0.2, -0.15) is 5.26 Å². The van der Waals surface area contributed by atoms with Crippen LogP contribution < -0.4 is 5.32 Å². The molecule has 1 N–H and O–H groups in total. The van der Waals surface area contributed by atoms with Crippen LogP contribution in [0.25, 0.3) is 0 Å². The lowest BCUT2D eigenvalue weighted by molar-refractivity contribution is 0.999. The monoisotopic (exact) mass is 250 g/mol. The maximum Gasteiger partial charge on any atom is 0.0992 e. The molecule has 80 valence electrons. The highest BCUT2D eigenvalue weighted by atomic mass is 35.5. The zero-order valence-corrected chi connectivity index (χ0v) is 9.72. The Kier molecular flexibility index (Phi) is 3.34. The van der Waals surface area contributed by atoms with Crippen molar-refractivity contribution < 1.29 is 0 Å². The molecule has 0 saturated carbocycles. The van der Waals surface area contributed by atoms with E-state index < -0.39 is 0 Å². The lowest BCUT2D eigenvalue weighted by atomic mass is 10.2. The molecule has 0 bridgehead atoms. The fourth-order valence-electron chi connectivity index (χ4n) is 1.18. The largest absolute Gasteiger partial charge is 0.378 e. The van der Waals surface area contributed by atoms with Gasteiger partial charge in [0.2, 0.25) is 0 Å². The number of anilines is 1. The normalized spacial score (nSPS) is 9.75. The Hall–Kier alpha value is -1.64. The molecule has 16 heavy (non-hydrogen) atoms. The average molecular weight is 251 g/mol. The number of aromatic nitrogens is 2. The fraction of sp³-hybridized carbons (Fsp3) is 0.100. The van der Waals surface area contributed by atoms with Gasteiger partial charge in [-0.15, -0.1) is 5.10 Å². The van der Waals surface area contributed by atoms with E-state index in [0.29, 0.717) is 17.1 Å². The molecule has 0 spiro atoms. The van der Waals surface area contributed by atoms with E-state index in [-0.39, 0.29) is 0 Å². The fourth-order valence-corrected chi connectivity index (χ4v) is 1.81. The highest BCUT2D eigenvalue weighted by Gasteiger charge is 2.02. The van der Waals surface area contributed by atoms with Gasteiger partial charge >= 0.3 is 0 Å². The van der Waals surface area contributed by atoms with Gasteiger partial charge in [0.05, 0.1) is 34.6 Å². The molecule has 0 unspecified atom stereocenters. The Bertz CT molecular complexity index is 518. The van der Waals surface area contributed by atoms with Crippen LogP contribution in [0.4, 0.5) is 5.69 Å². The Morgan fingerprint density at radius 2 is 2.38 bits per heavy atom. The Balaban J connectivity index is 2.12. The zero-order chi connectivity index (χ0) is 11.4. The van der Waals surface area contributed by atoms with Gasteiger partial charge in [-0.1, -0.05) is 16.1 Å². The number of nitriles is 1. The first-order valence-corrected chi connectivity index (χ1v) is 5.70. The SMILES string of the molecule is N#Cc1ccc(Cl)c(NCc2csnn2)c1. The highest BCUT2D eigenvalue weighted by molar-refractivity contribution is 7.03. The Labute approximate surface area is 102 Å². The molecule has 2 aromatic rings.